The fraction of sp³-hybridized carbons (Fsp3) is 0.0909. The van der Waals surface area contributed by atoms with Crippen molar-refractivity contribution in [1.82, 2.24) is 0 Å². The molecule has 0 heterocycles. The highest BCUT2D eigenvalue weighted by Crippen LogP contribution is 2.23. The van der Waals surface area contributed by atoms with Gasteiger partial charge >= 0.3 is 0 Å². The minimum Gasteiger partial charge on any atom is -0.370 e. The van der Waals surface area contributed by atoms with Crippen molar-refractivity contribution in [2.45, 2.75) is 6.54 Å². The van der Waals surface area contributed by atoms with Crippen LogP contribution in [0.1, 0.15) is 16.7 Å². The molecule has 0 N–H and O–H groups in total. The normalized spacial score (nSPS) is 10.8. The molecule has 0 saturated carbocycles. The van der Waals surface area contributed by atoms with Gasteiger partial charge in [0.05, 0.1) is 0 Å². The van der Waals surface area contributed by atoms with E-state index in [0.29, 0.717) is 0 Å². The van der Waals surface area contributed by atoms with Crippen LogP contribution in [0, 0.1) is 0 Å². The average molecular weight is 299 g/mol. The molecule has 0 amide bonds. The second-order valence-corrected chi connectivity index (χ2v) is 5.64. The second-order valence-electron chi connectivity index (χ2n) is 5.64. The maximum absolute atomic E-state index is 2.29. The Morgan fingerprint density at radius 1 is 0.696 bits per heavy atom. The van der Waals surface area contributed by atoms with Crippen LogP contribution in [0.25, 0.3) is 12.2 Å². The summed E-state index contributed by atoms with van der Waals surface area (Å²) in [7, 11) is 2.14. The van der Waals surface area contributed by atoms with Gasteiger partial charge in [-0.2, -0.15) is 0 Å². The lowest BCUT2D eigenvalue weighted by Gasteiger charge is -2.21. The van der Waals surface area contributed by atoms with E-state index in [1.54, 1.807) is 0 Å². The molecule has 0 aliphatic carbocycles. The summed E-state index contributed by atoms with van der Waals surface area (Å²) in [6, 6.07) is 29.5. The van der Waals surface area contributed by atoms with Crippen LogP contribution in [-0.2, 0) is 6.54 Å². The van der Waals surface area contributed by atoms with Gasteiger partial charge in [0.1, 0.15) is 0 Å². The summed E-state index contributed by atoms with van der Waals surface area (Å²) in [6.07, 6.45) is 4.35. The van der Waals surface area contributed by atoms with Crippen molar-refractivity contribution in [3.05, 3.63) is 102 Å². The highest BCUT2D eigenvalue weighted by atomic mass is 15.1. The molecule has 0 radical (unpaired) electrons. The maximum atomic E-state index is 2.29. The van der Waals surface area contributed by atoms with Crippen molar-refractivity contribution in [1.29, 1.82) is 0 Å². The summed E-state index contributed by atoms with van der Waals surface area (Å²) >= 11 is 0. The minimum atomic E-state index is 0.900. The fourth-order valence-corrected chi connectivity index (χ4v) is 2.67. The number of hydrogen-bond donors (Lipinski definition) is 0. The van der Waals surface area contributed by atoms with Gasteiger partial charge in [0.15, 0.2) is 0 Å². The van der Waals surface area contributed by atoms with Gasteiger partial charge in [-0.3, -0.25) is 0 Å². The third kappa shape index (κ3) is 4.10. The van der Waals surface area contributed by atoms with Crippen molar-refractivity contribution < 1.29 is 0 Å². The van der Waals surface area contributed by atoms with Gasteiger partial charge in [0.25, 0.3) is 0 Å². The van der Waals surface area contributed by atoms with E-state index in [1.165, 1.54) is 22.4 Å². The number of rotatable bonds is 5. The molecule has 0 fully saturated rings. The lowest BCUT2D eigenvalue weighted by molar-refractivity contribution is 0.922. The molecule has 0 aromatic heterocycles. The minimum absolute atomic E-state index is 0.900. The van der Waals surface area contributed by atoms with Crippen LogP contribution in [0.2, 0.25) is 0 Å². The summed E-state index contributed by atoms with van der Waals surface area (Å²) < 4.78 is 0. The Morgan fingerprint density at radius 3 is 2.04 bits per heavy atom. The van der Waals surface area contributed by atoms with Gasteiger partial charge in [-0.1, -0.05) is 91.0 Å². The number of nitrogens with zero attached hydrogens (tertiary/aromatic N) is 1. The number of para-hydroxylation sites is 1. The van der Waals surface area contributed by atoms with Crippen molar-refractivity contribution in [3.8, 4) is 0 Å². The highest BCUT2D eigenvalue weighted by Gasteiger charge is 2.05. The lowest BCUT2D eigenvalue weighted by atomic mass is 10.1. The zero-order valence-electron chi connectivity index (χ0n) is 13.4. The first-order valence-electron chi connectivity index (χ1n) is 7.90. The first kappa shape index (κ1) is 15.1. The highest BCUT2D eigenvalue weighted by molar-refractivity contribution is 5.77. The zero-order valence-corrected chi connectivity index (χ0v) is 13.4. The summed E-state index contributed by atoms with van der Waals surface area (Å²) in [6.45, 7) is 0.900. The van der Waals surface area contributed by atoms with Crippen molar-refractivity contribution in [3.63, 3.8) is 0 Å². The van der Waals surface area contributed by atoms with E-state index < -0.39 is 0 Å². The van der Waals surface area contributed by atoms with Crippen LogP contribution >= 0.6 is 0 Å². The molecule has 0 saturated heterocycles. The van der Waals surface area contributed by atoms with Crippen LogP contribution in [0.5, 0.6) is 0 Å². The van der Waals surface area contributed by atoms with Gasteiger partial charge in [0.2, 0.25) is 0 Å². The third-order valence-corrected chi connectivity index (χ3v) is 3.87. The molecule has 1 nitrogen and oxygen atoms in total. The maximum Gasteiger partial charge on any atom is 0.0440 e. The Kier molecular flexibility index (Phi) is 4.90. The molecular weight excluding hydrogens is 278 g/mol. The Hall–Kier alpha value is -2.80. The van der Waals surface area contributed by atoms with Crippen LogP contribution in [0.4, 0.5) is 5.69 Å². The Bertz CT molecular complexity index is 760. The van der Waals surface area contributed by atoms with Crippen LogP contribution in [-0.4, -0.2) is 7.05 Å². The van der Waals surface area contributed by atoms with Crippen molar-refractivity contribution in [2.75, 3.05) is 11.9 Å². The first-order valence-corrected chi connectivity index (χ1v) is 7.90. The molecule has 0 aliphatic rings. The van der Waals surface area contributed by atoms with Gasteiger partial charge < -0.3 is 4.90 Å². The van der Waals surface area contributed by atoms with Crippen molar-refractivity contribution in [2.24, 2.45) is 0 Å². The molecule has 3 aromatic carbocycles. The monoisotopic (exact) mass is 299 g/mol. The van der Waals surface area contributed by atoms with Gasteiger partial charge in [-0.15, -0.1) is 0 Å². The zero-order chi connectivity index (χ0) is 15.9. The number of anilines is 1. The number of benzene rings is 3. The Balaban J connectivity index is 1.81. The summed E-state index contributed by atoms with van der Waals surface area (Å²) in [5.74, 6) is 0. The van der Waals surface area contributed by atoms with E-state index in [4.69, 9.17) is 0 Å². The molecule has 3 aromatic rings. The van der Waals surface area contributed by atoms with E-state index in [2.05, 4.69) is 103 Å². The molecular formula is C22H21N. The standard InChI is InChI=1S/C22H21N/c1-23(18-20-12-6-3-7-13-20)22-15-9-8-14-21(22)17-16-19-10-4-2-5-11-19/h2-17H,18H2,1H3. The van der Waals surface area contributed by atoms with E-state index in [-0.39, 0.29) is 0 Å². The Morgan fingerprint density at radius 2 is 1.30 bits per heavy atom. The van der Waals surface area contributed by atoms with Crippen molar-refractivity contribution >= 4 is 17.8 Å². The fourth-order valence-electron chi connectivity index (χ4n) is 2.67. The summed E-state index contributed by atoms with van der Waals surface area (Å²) in [5.41, 5.74) is 5.00. The van der Waals surface area contributed by atoms with Gasteiger partial charge in [0, 0.05) is 19.3 Å². The largest absolute Gasteiger partial charge is 0.370 e. The SMILES string of the molecule is CN(Cc1ccccc1)c1ccccc1C=Cc1ccccc1. The molecule has 0 spiro atoms. The molecule has 1 heteroatoms. The van der Waals surface area contributed by atoms with Gasteiger partial charge in [-0.25, -0.2) is 0 Å². The lowest BCUT2D eigenvalue weighted by Crippen LogP contribution is -2.17. The molecule has 23 heavy (non-hydrogen) atoms. The molecule has 0 aliphatic heterocycles. The first-order chi connectivity index (χ1) is 11.3. The van der Waals surface area contributed by atoms with Crippen LogP contribution in [0.15, 0.2) is 84.9 Å². The van der Waals surface area contributed by atoms with E-state index >= 15 is 0 Å². The van der Waals surface area contributed by atoms with E-state index in [0.717, 1.165) is 6.54 Å². The molecule has 0 bridgehead atoms. The molecule has 0 unspecified atom stereocenters. The predicted molar refractivity (Wildman–Crippen MR) is 100 cm³/mol. The number of hydrogen-bond acceptors (Lipinski definition) is 1. The molecule has 0 atom stereocenters. The predicted octanol–water partition coefficient (Wildman–Crippen LogP) is 5.49. The smallest absolute Gasteiger partial charge is 0.0440 e. The quantitative estimate of drug-likeness (QED) is 0.563. The van der Waals surface area contributed by atoms with E-state index in [9.17, 15) is 0 Å². The summed E-state index contributed by atoms with van der Waals surface area (Å²) in [5, 5.41) is 0. The van der Waals surface area contributed by atoms with Gasteiger partial charge in [-0.05, 0) is 22.8 Å². The molecule has 114 valence electrons. The van der Waals surface area contributed by atoms with E-state index in [1.807, 2.05) is 6.07 Å². The summed E-state index contributed by atoms with van der Waals surface area (Å²) in [4.78, 5) is 2.29. The topological polar surface area (TPSA) is 3.24 Å². The molecule has 3 rings (SSSR count). The van der Waals surface area contributed by atoms with Crippen LogP contribution in [0.3, 0.4) is 0 Å². The average Bonchev–Trinajstić information content (AvgIpc) is 2.62. The second kappa shape index (κ2) is 7.46. The third-order valence-electron chi connectivity index (χ3n) is 3.87. The van der Waals surface area contributed by atoms with Crippen LogP contribution < -0.4 is 4.90 Å². The Labute approximate surface area is 138 Å².